The van der Waals surface area contributed by atoms with Crippen LogP contribution in [0.1, 0.15) is 83.9 Å². The minimum atomic E-state index is -4.09. The number of hydrogen-bond acceptors (Lipinski definition) is 6. The topological polar surface area (TPSA) is 90.4 Å². The number of hydrogen-bond donors (Lipinski definition) is 1. The number of amides is 1. The van der Waals surface area contributed by atoms with Crippen molar-refractivity contribution in [1.29, 1.82) is 0 Å². The summed E-state index contributed by atoms with van der Waals surface area (Å²) >= 11 is 0. The van der Waals surface area contributed by atoms with Gasteiger partial charge in [0.15, 0.2) is 0 Å². The number of rotatable bonds is 10. The second-order valence-electron chi connectivity index (χ2n) is 17.3. The van der Waals surface area contributed by atoms with Crippen molar-refractivity contribution >= 4 is 49.0 Å². The third-order valence-electron chi connectivity index (χ3n) is 13.1. The van der Waals surface area contributed by atoms with Crippen LogP contribution in [0.4, 0.5) is 10.5 Å². The van der Waals surface area contributed by atoms with Crippen LogP contribution in [0.15, 0.2) is 138 Å². The number of carbonyl (C=O) groups excluding carboxylic acids is 1. The lowest BCUT2D eigenvalue weighted by Gasteiger charge is -2.37. The Morgan fingerprint density at radius 1 is 0.803 bits per heavy atom. The summed E-state index contributed by atoms with van der Waals surface area (Å²) in [7, 11) is -4.09. The molecule has 0 unspecified atom stereocenters. The summed E-state index contributed by atoms with van der Waals surface area (Å²) in [6.07, 6.45) is 11.7. The first-order valence-corrected chi connectivity index (χ1v) is 23.4. The quantitative estimate of drug-likeness (QED) is 0.126. The van der Waals surface area contributed by atoms with Gasteiger partial charge in [0, 0.05) is 60.6 Å². The van der Waals surface area contributed by atoms with Crippen LogP contribution in [0.2, 0.25) is 0 Å². The molecule has 0 atom stereocenters. The molecule has 8 rings (SSSR count). The lowest BCUT2D eigenvalue weighted by molar-refractivity contribution is 0.0873. The van der Waals surface area contributed by atoms with Gasteiger partial charge in [-0.3, -0.25) is 4.55 Å². The van der Waals surface area contributed by atoms with Crippen molar-refractivity contribution in [2.75, 3.05) is 50.0 Å². The van der Waals surface area contributed by atoms with E-state index in [9.17, 15) is 17.8 Å². The SMILES string of the molecule is C=C.CCOC(=O)N1CCN(C2=C(/C=C/C3=C(CCCS(=O)(=O)O)c4ccc5ccccc5c4C3(C)C)CCC2=C/C=C2\N(CC)c3ccc4ccccc4c3C2(C)C)CC1. The highest BCUT2D eigenvalue weighted by Crippen LogP contribution is 2.53. The molecule has 4 aromatic carbocycles. The maximum absolute atomic E-state index is 12.7. The Morgan fingerprint density at radius 3 is 2.08 bits per heavy atom. The molecule has 0 saturated carbocycles. The molecule has 1 saturated heterocycles. The molecule has 0 radical (unpaired) electrons. The zero-order chi connectivity index (χ0) is 43.7. The van der Waals surface area contributed by atoms with Gasteiger partial charge < -0.3 is 19.4 Å². The molecule has 1 N–H and O–H groups in total. The van der Waals surface area contributed by atoms with E-state index >= 15 is 0 Å². The summed E-state index contributed by atoms with van der Waals surface area (Å²) in [5, 5.41) is 4.94. The van der Waals surface area contributed by atoms with Gasteiger partial charge in [0.2, 0.25) is 0 Å². The largest absolute Gasteiger partial charge is 0.450 e. The molecule has 1 amide bonds. The molecule has 1 fully saturated rings. The van der Waals surface area contributed by atoms with Gasteiger partial charge >= 0.3 is 6.09 Å². The molecule has 2 heterocycles. The summed E-state index contributed by atoms with van der Waals surface area (Å²) in [4.78, 5) is 19.5. The molecule has 0 spiro atoms. The van der Waals surface area contributed by atoms with E-state index in [0.717, 1.165) is 30.5 Å². The average molecular weight is 840 g/mol. The first-order valence-electron chi connectivity index (χ1n) is 21.7. The van der Waals surface area contributed by atoms with Crippen LogP contribution < -0.4 is 4.90 Å². The fourth-order valence-electron chi connectivity index (χ4n) is 10.4. The standard InChI is InChI=1S/C50H57N3O5S.C2H4/c1-7-53-43-27-23-35-15-10-12-17-39(35)46(43)50(5,6)44(53)28-24-37-20-19-36(47(37)51-29-31-52(32-30-51)48(54)58-8-2)22-26-42-40(18-13-33-59(55,56)57)41-25-21-34-14-9-11-16-38(34)45(41)49(42,3)4;1-2/h9-12,14-17,21-28H,7-8,13,18-20,29-33H2,1-6H3,(H,55,56,57);1-2H2/b26-22+,37-24?,44-28-;. The van der Waals surface area contributed by atoms with Gasteiger partial charge in [-0.2, -0.15) is 8.42 Å². The second-order valence-corrected chi connectivity index (χ2v) is 18.9. The predicted molar refractivity (Wildman–Crippen MR) is 253 cm³/mol. The average Bonchev–Trinajstić information content (AvgIpc) is 3.83. The first-order chi connectivity index (χ1) is 29.2. The molecule has 8 nitrogen and oxygen atoms in total. The van der Waals surface area contributed by atoms with Crippen LogP contribution in [0.3, 0.4) is 0 Å². The van der Waals surface area contributed by atoms with Crippen LogP contribution in [-0.2, 0) is 25.7 Å². The molecular formula is C52H61N3O5S. The Morgan fingerprint density at radius 2 is 1.44 bits per heavy atom. The van der Waals surface area contributed by atoms with E-state index in [4.69, 9.17) is 4.74 Å². The van der Waals surface area contributed by atoms with Gasteiger partial charge in [-0.1, -0.05) is 113 Å². The highest BCUT2D eigenvalue weighted by Gasteiger charge is 2.41. The van der Waals surface area contributed by atoms with Crippen molar-refractivity contribution < 1.29 is 22.5 Å². The number of anilines is 1. The highest BCUT2D eigenvalue weighted by atomic mass is 32.2. The Bertz CT molecular complexity index is 2620. The van der Waals surface area contributed by atoms with Crippen molar-refractivity contribution in [3.05, 3.63) is 155 Å². The van der Waals surface area contributed by atoms with Gasteiger partial charge in [-0.05, 0) is 112 Å². The number of carbonyl (C=O) groups is 1. The van der Waals surface area contributed by atoms with Gasteiger partial charge in [0.1, 0.15) is 0 Å². The highest BCUT2D eigenvalue weighted by molar-refractivity contribution is 7.85. The Hall–Kier alpha value is -5.38. The van der Waals surface area contributed by atoms with Gasteiger partial charge in [-0.15, -0.1) is 13.2 Å². The molecule has 2 aliphatic heterocycles. The van der Waals surface area contributed by atoms with Crippen LogP contribution in [-0.4, -0.2) is 73.9 Å². The number of ether oxygens (including phenoxy) is 1. The summed E-state index contributed by atoms with van der Waals surface area (Å²) in [5.74, 6) is -0.277. The lowest BCUT2D eigenvalue weighted by atomic mass is 9.78. The fraction of sp³-hybridized carbons (Fsp3) is 0.365. The van der Waals surface area contributed by atoms with Gasteiger partial charge in [-0.25, -0.2) is 4.79 Å². The van der Waals surface area contributed by atoms with Crippen molar-refractivity contribution in [2.45, 2.75) is 78.1 Å². The van der Waals surface area contributed by atoms with E-state index in [1.54, 1.807) is 0 Å². The van der Waals surface area contributed by atoms with E-state index in [1.807, 2.05) is 11.8 Å². The van der Waals surface area contributed by atoms with Crippen molar-refractivity contribution in [3.8, 4) is 0 Å². The van der Waals surface area contributed by atoms with Crippen molar-refractivity contribution in [1.82, 2.24) is 9.80 Å². The number of nitrogens with zero attached hydrogens (tertiary/aromatic N) is 3. The van der Waals surface area contributed by atoms with Crippen LogP contribution in [0.5, 0.6) is 0 Å². The molecule has 320 valence electrons. The third-order valence-corrected chi connectivity index (χ3v) is 13.9. The second kappa shape index (κ2) is 17.5. The van der Waals surface area contributed by atoms with E-state index in [-0.39, 0.29) is 22.7 Å². The van der Waals surface area contributed by atoms with Gasteiger partial charge in [0.05, 0.1) is 12.4 Å². The lowest BCUT2D eigenvalue weighted by Crippen LogP contribution is -2.48. The summed E-state index contributed by atoms with van der Waals surface area (Å²) < 4.78 is 38.7. The minimum absolute atomic E-state index is 0.203. The molecular weight excluding hydrogens is 779 g/mol. The molecule has 61 heavy (non-hydrogen) atoms. The Kier molecular flexibility index (Phi) is 12.6. The van der Waals surface area contributed by atoms with E-state index in [2.05, 4.69) is 155 Å². The predicted octanol–water partition coefficient (Wildman–Crippen LogP) is 11.5. The van der Waals surface area contributed by atoms with Crippen LogP contribution in [0, 0.1) is 0 Å². The summed E-state index contributed by atoms with van der Waals surface area (Å²) in [6.45, 7) is 23.1. The molecule has 9 heteroatoms. The maximum atomic E-state index is 12.7. The summed E-state index contributed by atoms with van der Waals surface area (Å²) in [6, 6.07) is 26.0. The van der Waals surface area contributed by atoms with E-state index < -0.39 is 10.1 Å². The zero-order valence-corrected chi connectivity index (χ0v) is 37.6. The molecule has 0 bridgehead atoms. The number of fused-ring (bicyclic) bond motifs is 6. The first kappa shape index (κ1) is 43.7. The van der Waals surface area contributed by atoms with E-state index in [0.29, 0.717) is 45.6 Å². The maximum Gasteiger partial charge on any atom is 0.409 e. The Balaban J connectivity index is 0.00000277. The van der Waals surface area contributed by atoms with Crippen molar-refractivity contribution in [3.63, 3.8) is 0 Å². The van der Waals surface area contributed by atoms with E-state index in [1.165, 1.54) is 66.5 Å². The number of allylic oxidation sites excluding steroid dienone is 9. The number of piperazine rings is 1. The van der Waals surface area contributed by atoms with Gasteiger partial charge in [0.25, 0.3) is 10.1 Å². The minimum Gasteiger partial charge on any atom is -0.450 e. The molecule has 0 aromatic heterocycles. The number of likely N-dealkylation sites (N-methyl/N-ethyl adjacent to an activating group) is 1. The zero-order valence-electron chi connectivity index (χ0n) is 36.8. The third kappa shape index (κ3) is 8.22. The molecule has 2 aliphatic carbocycles. The smallest absolute Gasteiger partial charge is 0.409 e. The molecule has 4 aliphatic rings. The van der Waals surface area contributed by atoms with Crippen LogP contribution in [0.25, 0.3) is 27.1 Å². The van der Waals surface area contributed by atoms with Crippen molar-refractivity contribution in [2.24, 2.45) is 0 Å². The normalized spacial score (nSPS) is 19.7. The fourth-order valence-corrected chi connectivity index (χ4v) is 10.9. The summed E-state index contributed by atoms with van der Waals surface area (Å²) in [5.41, 5.74) is 11.9. The van der Waals surface area contributed by atoms with Crippen LogP contribution >= 0.6 is 0 Å². The number of benzene rings is 4. The Labute approximate surface area is 363 Å². The molecule has 4 aromatic rings. The monoisotopic (exact) mass is 839 g/mol.